The monoisotopic (exact) mass is 460 g/mol. The van der Waals surface area contributed by atoms with Gasteiger partial charge < -0.3 is 15.0 Å². The third-order valence-corrected chi connectivity index (χ3v) is 4.01. The maximum absolute atomic E-state index is 5.49. The maximum Gasteiger partial charge on any atom is 0.213 e. The number of ether oxygens (including phenoxy) is 1. The van der Waals surface area contributed by atoms with E-state index in [2.05, 4.69) is 43.9 Å². The third-order valence-electron chi connectivity index (χ3n) is 3.28. The van der Waals surface area contributed by atoms with Crippen LogP contribution in [0.15, 0.2) is 40.1 Å². The van der Waals surface area contributed by atoms with E-state index in [0.717, 1.165) is 24.5 Å². The first-order chi connectivity index (χ1) is 11.2. The molecule has 0 fully saturated rings. The molecular formula is C17H25IN4OS. The molecule has 2 aromatic heterocycles. The average molecular weight is 460 g/mol. The van der Waals surface area contributed by atoms with Crippen molar-refractivity contribution in [3.8, 4) is 5.88 Å². The fourth-order valence-corrected chi connectivity index (χ4v) is 2.76. The van der Waals surface area contributed by atoms with Crippen LogP contribution in [0.25, 0.3) is 0 Å². The topological polar surface area (TPSA) is 49.8 Å². The number of nitrogens with one attached hydrogen (secondary N) is 1. The minimum absolute atomic E-state index is 0. The summed E-state index contributed by atoms with van der Waals surface area (Å²) in [5.74, 6) is 1.54. The van der Waals surface area contributed by atoms with E-state index in [1.54, 1.807) is 18.4 Å². The number of aromatic nitrogens is 1. The van der Waals surface area contributed by atoms with Gasteiger partial charge in [-0.1, -0.05) is 13.0 Å². The molecular weight excluding hydrogens is 435 g/mol. The third kappa shape index (κ3) is 6.64. The zero-order valence-electron chi connectivity index (χ0n) is 14.4. The van der Waals surface area contributed by atoms with Gasteiger partial charge >= 0.3 is 0 Å². The lowest BCUT2D eigenvalue weighted by Gasteiger charge is -2.21. The first kappa shape index (κ1) is 20.7. The second-order valence-electron chi connectivity index (χ2n) is 5.24. The Balaban J connectivity index is 0.00000288. The maximum atomic E-state index is 5.49. The molecule has 0 aliphatic carbocycles. The second-order valence-corrected chi connectivity index (χ2v) is 6.02. The molecule has 2 heterocycles. The van der Waals surface area contributed by atoms with Crippen molar-refractivity contribution in [2.75, 3.05) is 20.7 Å². The smallest absolute Gasteiger partial charge is 0.213 e. The summed E-state index contributed by atoms with van der Waals surface area (Å²) >= 11 is 1.71. The Bertz CT molecular complexity index is 602. The first-order valence-electron chi connectivity index (χ1n) is 7.73. The van der Waals surface area contributed by atoms with Crippen LogP contribution in [0, 0.1) is 0 Å². The van der Waals surface area contributed by atoms with Crippen LogP contribution in [0.2, 0.25) is 0 Å². The highest BCUT2D eigenvalue weighted by atomic mass is 127. The molecule has 0 unspecified atom stereocenters. The number of rotatable bonds is 7. The average Bonchev–Trinajstić information content (AvgIpc) is 3.07. The highest BCUT2D eigenvalue weighted by Crippen LogP contribution is 2.10. The molecule has 0 amide bonds. The van der Waals surface area contributed by atoms with Crippen molar-refractivity contribution in [1.29, 1.82) is 0 Å². The zero-order valence-corrected chi connectivity index (χ0v) is 17.5. The van der Waals surface area contributed by atoms with Crippen molar-refractivity contribution in [2.45, 2.75) is 26.4 Å². The van der Waals surface area contributed by atoms with Crippen LogP contribution in [0.3, 0.4) is 0 Å². The lowest BCUT2D eigenvalue weighted by molar-refractivity contribution is 0.305. The van der Waals surface area contributed by atoms with E-state index >= 15 is 0 Å². The Morgan fingerprint density at radius 3 is 2.75 bits per heavy atom. The minimum Gasteiger partial charge on any atom is -0.478 e. The van der Waals surface area contributed by atoms with Gasteiger partial charge in [0.1, 0.15) is 0 Å². The number of hydrogen-bond donors (Lipinski definition) is 1. The number of halogens is 1. The number of guanidine groups is 1. The first-order valence-corrected chi connectivity index (χ1v) is 8.67. The fraction of sp³-hybridized carbons (Fsp3) is 0.412. The summed E-state index contributed by atoms with van der Waals surface area (Å²) in [5, 5.41) is 7.61. The molecule has 0 radical (unpaired) electrons. The summed E-state index contributed by atoms with van der Waals surface area (Å²) in [4.78, 5) is 10.7. The molecule has 5 nitrogen and oxygen atoms in total. The lowest BCUT2D eigenvalue weighted by atomic mass is 10.3. The summed E-state index contributed by atoms with van der Waals surface area (Å²) in [6.45, 7) is 4.30. The normalized spacial score (nSPS) is 10.9. The van der Waals surface area contributed by atoms with E-state index < -0.39 is 0 Å². The molecule has 0 saturated heterocycles. The molecule has 24 heavy (non-hydrogen) atoms. The summed E-state index contributed by atoms with van der Waals surface area (Å²) in [7, 11) is 3.83. The molecule has 0 aromatic carbocycles. The molecule has 7 heteroatoms. The van der Waals surface area contributed by atoms with E-state index in [-0.39, 0.29) is 24.0 Å². The number of pyridine rings is 1. The molecule has 0 saturated carbocycles. The van der Waals surface area contributed by atoms with Crippen molar-refractivity contribution < 1.29 is 4.74 Å². The van der Waals surface area contributed by atoms with Gasteiger partial charge in [0.15, 0.2) is 5.96 Å². The molecule has 0 spiro atoms. The number of aliphatic imine (C=N–C) groups is 1. The predicted octanol–water partition coefficient (Wildman–Crippen LogP) is 3.76. The van der Waals surface area contributed by atoms with Crippen molar-refractivity contribution in [3.05, 3.63) is 46.3 Å². The molecule has 2 rings (SSSR count). The summed E-state index contributed by atoms with van der Waals surface area (Å²) < 4.78 is 5.49. The van der Waals surface area contributed by atoms with Crippen LogP contribution in [-0.4, -0.2) is 36.5 Å². The number of thiophene rings is 1. The predicted molar refractivity (Wildman–Crippen MR) is 111 cm³/mol. The lowest BCUT2D eigenvalue weighted by Crippen LogP contribution is -2.37. The van der Waals surface area contributed by atoms with Gasteiger partial charge in [-0.3, -0.25) is 4.99 Å². The SMILES string of the molecule is CCCOc1ccc(CNC(=NC)N(C)Cc2ccsc2)cn1.I. The van der Waals surface area contributed by atoms with Gasteiger partial charge in [-0.15, -0.1) is 24.0 Å². The molecule has 0 aliphatic rings. The summed E-state index contributed by atoms with van der Waals surface area (Å²) in [5.41, 5.74) is 2.39. The molecule has 1 N–H and O–H groups in total. The largest absolute Gasteiger partial charge is 0.478 e. The Morgan fingerprint density at radius 2 is 2.17 bits per heavy atom. The van der Waals surface area contributed by atoms with Gasteiger partial charge in [-0.25, -0.2) is 4.98 Å². The summed E-state index contributed by atoms with van der Waals surface area (Å²) in [6.07, 6.45) is 2.82. The van der Waals surface area contributed by atoms with Crippen LogP contribution in [0.5, 0.6) is 5.88 Å². The van der Waals surface area contributed by atoms with Gasteiger partial charge in [0.2, 0.25) is 5.88 Å². The number of nitrogens with zero attached hydrogens (tertiary/aromatic N) is 3. The number of hydrogen-bond acceptors (Lipinski definition) is 4. The van der Waals surface area contributed by atoms with E-state index in [0.29, 0.717) is 19.0 Å². The van der Waals surface area contributed by atoms with Gasteiger partial charge in [-0.2, -0.15) is 11.3 Å². The molecule has 2 aromatic rings. The Labute approximate surface area is 165 Å². The van der Waals surface area contributed by atoms with E-state index in [9.17, 15) is 0 Å². The van der Waals surface area contributed by atoms with Crippen LogP contribution in [0.1, 0.15) is 24.5 Å². The van der Waals surface area contributed by atoms with Gasteiger partial charge in [0.05, 0.1) is 6.61 Å². The van der Waals surface area contributed by atoms with Gasteiger partial charge in [-0.05, 0) is 34.4 Å². The van der Waals surface area contributed by atoms with Crippen LogP contribution < -0.4 is 10.1 Å². The second kappa shape index (κ2) is 11.2. The van der Waals surface area contributed by atoms with Crippen LogP contribution >= 0.6 is 35.3 Å². The van der Waals surface area contributed by atoms with Gasteiger partial charge in [0.25, 0.3) is 0 Å². The van der Waals surface area contributed by atoms with Gasteiger partial charge in [0, 0.05) is 39.4 Å². The Kier molecular flexibility index (Phi) is 9.70. The van der Waals surface area contributed by atoms with Crippen molar-refractivity contribution in [2.24, 2.45) is 4.99 Å². The molecule has 0 aliphatic heterocycles. The molecule has 132 valence electrons. The van der Waals surface area contributed by atoms with E-state index in [4.69, 9.17) is 4.74 Å². The van der Waals surface area contributed by atoms with E-state index in [1.165, 1.54) is 5.56 Å². The quantitative estimate of drug-likeness (QED) is 0.389. The zero-order chi connectivity index (χ0) is 16.5. The molecule has 0 atom stereocenters. The minimum atomic E-state index is 0. The van der Waals surface area contributed by atoms with E-state index in [1.807, 2.05) is 25.4 Å². The van der Waals surface area contributed by atoms with Crippen molar-refractivity contribution in [1.82, 2.24) is 15.2 Å². The summed E-state index contributed by atoms with van der Waals surface area (Å²) in [6, 6.07) is 6.06. The Morgan fingerprint density at radius 1 is 1.33 bits per heavy atom. The fourth-order valence-electron chi connectivity index (χ4n) is 2.10. The highest BCUT2D eigenvalue weighted by molar-refractivity contribution is 14.0. The van der Waals surface area contributed by atoms with Crippen molar-refractivity contribution >= 4 is 41.3 Å². The Hall–Kier alpha value is -1.35. The highest BCUT2D eigenvalue weighted by Gasteiger charge is 2.07. The van der Waals surface area contributed by atoms with Crippen LogP contribution in [0.4, 0.5) is 0 Å². The van der Waals surface area contributed by atoms with Crippen molar-refractivity contribution in [3.63, 3.8) is 0 Å². The standard InChI is InChI=1S/C17H24N4OS.HI/c1-4-8-22-16-6-5-14(10-19-16)11-20-17(18-2)21(3)12-15-7-9-23-13-15;/h5-7,9-10,13H,4,8,11-12H2,1-3H3,(H,18,20);1H. The van der Waals surface area contributed by atoms with Crippen LogP contribution in [-0.2, 0) is 13.1 Å². The molecule has 0 bridgehead atoms.